The van der Waals surface area contributed by atoms with E-state index in [1.54, 1.807) is 0 Å². The number of aromatic nitrogens is 2. The van der Waals surface area contributed by atoms with Crippen LogP contribution in [0.4, 0.5) is 17.6 Å². The smallest absolute Gasteiger partial charge is 0.364 e. The number of benzene rings is 1. The number of hydrogen-bond donors (Lipinski definition) is 4. The first-order valence-corrected chi connectivity index (χ1v) is 9.30. The number of nitrogens with two attached hydrogens (primary N) is 2. The van der Waals surface area contributed by atoms with Crippen LogP contribution in [0.1, 0.15) is 37.6 Å². The number of aromatic amines is 1. The van der Waals surface area contributed by atoms with Crippen LogP contribution in [0, 0.1) is 5.82 Å². The monoisotopic (exact) mass is 441 g/mol. The summed E-state index contributed by atoms with van der Waals surface area (Å²) in [6.07, 6.45) is -4.80. The lowest BCUT2D eigenvalue weighted by molar-refractivity contribution is -0.139. The van der Waals surface area contributed by atoms with Crippen LogP contribution in [0.15, 0.2) is 35.7 Å². The van der Waals surface area contributed by atoms with Crippen LogP contribution in [-0.4, -0.2) is 28.3 Å². The van der Waals surface area contributed by atoms with Gasteiger partial charge in [0, 0.05) is 23.2 Å². The third kappa shape index (κ3) is 4.49. The zero-order valence-electron chi connectivity index (χ0n) is 15.1. The fourth-order valence-electron chi connectivity index (χ4n) is 2.63. The minimum absolute atomic E-state index is 0.00482. The Morgan fingerprint density at radius 2 is 1.97 bits per heavy atom. The van der Waals surface area contributed by atoms with Crippen molar-refractivity contribution < 1.29 is 27.2 Å². The average Bonchev–Trinajstić information content (AvgIpc) is 3.34. The summed E-state index contributed by atoms with van der Waals surface area (Å²) in [7, 11) is 0. The lowest BCUT2D eigenvalue weighted by Crippen LogP contribution is -2.33. The molecule has 0 radical (unpaired) electrons. The van der Waals surface area contributed by atoms with Crippen molar-refractivity contribution in [1.29, 1.82) is 0 Å². The van der Waals surface area contributed by atoms with E-state index in [-0.39, 0.29) is 29.2 Å². The minimum Gasteiger partial charge on any atom is -0.364 e. The second-order valence-electron chi connectivity index (χ2n) is 6.18. The molecule has 2 heterocycles. The van der Waals surface area contributed by atoms with Gasteiger partial charge in [-0.15, -0.1) is 11.3 Å². The van der Waals surface area contributed by atoms with Crippen LogP contribution in [0.2, 0.25) is 0 Å². The number of hydrogen-bond acceptors (Lipinski definition) is 5. The summed E-state index contributed by atoms with van der Waals surface area (Å²) in [5.74, 6) is -2.70. The first-order chi connectivity index (χ1) is 14.1. The van der Waals surface area contributed by atoms with Crippen LogP contribution >= 0.6 is 11.3 Å². The van der Waals surface area contributed by atoms with Gasteiger partial charge in [-0.3, -0.25) is 9.59 Å². The quantitative estimate of drug-likeness (QED) is 0.439. The van der Waals surface area contributed by atoms with E-state index in [2.05, 4.69) is 15.3 Å². The number of nitrogens with zero attached hydrogens (tertiary/aromatic N) is 1. The molecule has 7 nitrogen and oxygen atoms in total. The van der Waals surface area contributed by atoms with E-state index in [1.807, 2.05) is 0 Å². The van der Waals surface area contributed by atoms with E-state index in [4.69, 9.17) is 11.5 Å². The summed E-state index contributed by atoms with van der Waals surface area (Å²) < 4.78 is 51.9. The average molecular weight is 441 g/mol. The molecule has 2 aromatic heterocycles. The van der Waals surface area contributed by atoms with Crippen molar-refractivity contribution in [3.8, 4) is 11.3 Å². The topological polar surface area (TPSA) is 127 Å². The number of thiazole rings is 1. The van der Waals surface area contributed by atoms with Crippen molar-refractivity contribution in [2.75, 3.05) is 6.54 Å². The fraction of sp³-hybridized carbons (Fsp3) is 0.167. The van der Waals surface area contributed by atoms with Crippen LogP contribution in [0.25, 0.3) is 11.3 Å². The number of nitrogens with one attached hydrogen (secondary N) is 2. The summed E-state index contributed by atoms with van der Waals surface area (Å²) >= 11 is 1.10. The summed E-state index contributed by atoms with van der Waals surface area (Å²) in [5.41, 5.74) is 9.97. The molecule has 0 aliphatic carbocycles. The van der Waals surface area contributed by atoms with E-state index in [9.17, 15) is 27.2 Å². The Morgan fingerprint density at radius 1 is 1.23 bits per heavy atom. The van der Waals surface area contributed by atoms with Gasteiger partial charge >= 0.3 is 6.18 Å². The molecule has 0 unspecified atom stereocenters. The summed E-state index contributed by atoms with van der Waals surface area (Å²) in [5, 5.41) is 4.46. The molecule has 1 aromatic carbocycles. The van der Waals surface area contributed by atoms with E-state index >= 15 is 0 Å². The van der Waals surface area contributed by atoms with Gasteiger partial charge in [0.2, 0.25) is 0 Å². The number of alkyl halides is 3. The number of amides is 2. The molecule has 0 fully saturated rings. The van der Waals surface area contributed by atoms with Crippen molar-refractivity contribution in [2.24, 2.45) is 11.5 Å². The van der Waals surface area contributed by atoms with Gasteiger partial charge in [0.05, 0.1) is 11.6 Å². The summed E-state index contributed by atoms with van der Waals surface area (Å²) in [4.78, 5) is 30.4. The third-order valence-corrected chi connectivity index (χ3v) is 5.09. The molecule has 158 valence electrons. The predicted molar refractivity (Wildman–Crippen MR) is 101 cm³/mol. The van der Waals surface area contributed by atoms with E-state index in [1.165, 1.54) is 17.5 Å². The maximum Gasteiger partial charge on any atom is 0.419 e. The van der Waals surface area contributed by atoms with Gasteiger partial charge in [0.15, 0.2) is 0 Å². The highest BCUT2D eigenvalue weighted by molar-refractivity contribution is 7.09. The Kier molecular flexibility index (Phi) is 5.89. The van der Waals surface area contributed by atoms with Crippen molar-refractivity contribution >= 4 is 23.2 Å². The first kappa shape index (κ1) is 21.5. The number of halogens is 4. The molecule has 12 heteroatoms. The highest BCUT2D eigenvalue weighted by atomic mass is 32.1. The molecule has 0 aliphatic rings. The Balaban J connectivity index is 1.77. The van der Waals surface area contributed by atoms with Crippen LogP contribution in [0.3, 0.4) is 0 Å². The lowest BCUT2D eigenvalue weighted by Gasteiger charge is -2.13. The standard InChI is InChI=1S/C18H15F4N5O2S/c19-10-5-8(1-2-9(10)18(20,21)22)11-3-4-12(25-11)16(29)26-13(6-23)17-27-14(7-30-17)15(24)28/h1-5,7,13,25H,6,23H2,(H2,24,28)(H,26,29)/t13-/m1/s1. The van der Waals surface area contributed by atoms with Crippen molar-refractivity contribution in [1.82, 2.24) is 15.3 Å². The van der Waals surface area contributed by atoms with Gasteiger partial charge in [-0.2, -0.15) is 13.2 Å². The van der Waals surface area contributed by atoms with Crippen LogP contribution < -0.4 is 16.8 Å². The number of primary amides is 1. The van der Waals surface area contributed by atoms with Crippen molar-refractivity contribution in [2.45, 2.75) is 12.2 Å². The molecule has 3 aromatic rings. The molecule has 30 heavy (non-hydrogen) atoms. The molecule has 2 amide bonds. The number of H-pyrrole nitrogens is 1. The minimum atomic E-state index is -4.80. The summed E-state index contributed by atoms with van der Waals surface area (Å²) in [6, 6.07) is 4.61. The molecule has 3 rings (SSSR count). The van der Waals surface area contributed by atoms with Gasteiger partial charge in [0.1, 0.15) is 22.2 Å². The highest BCUT2D eigenvalue weighted by Gasteiger charge is 2.34. The molecular formula is C18H15F4N5O2S. The molecular weight excluding hydrogens is 426 g/mol. The number of carbonyl (C=O) groups is 2. The van der Waals surface area contributed by atoms with Crippen LogP contribution in [-0.2, 0) is 6.18 Å². The zero-order valence-corrected chi connectivity index (χ0v) is 15.9. The third-order valence-electron chi connectivity index (χ3n) is 4.13. The molecule has 0 saturated carbocycles. The maximum absolute atomic E-state index is 13.8. The van der Waals surface area contributed by atoms with Gasteiger partial charge < -0.3 is 21.8 Å². The molecule has 0 spiro atoms. The first-order valence-electron chi connectivity index (χ1n) is 8.42. The number of rotatable bonds is 6. The Morgan fingerprint density at radius 3 is 2.53 bits per heavy atom. The fourth-order valence-corrected chi connectivity index (χ4v) is 3.50. The molecule has 0 bridgehead atoms. The van der Waals surface area contributed by atoms with E-state index in [0.29, 0.717) is 11.1 Å². The Bertz CT molecular complexity index is 1090. The summed E-state index contributed by atoms with van der Waals surface area (Å²) in [6.45, 7) is -0.00482. The lowest BCUT2D eigenvalue weighted by atomic mass is 10.1. The molecule has 1 atom stereocenters. The maximum atomic E-state index is 13.8. The normalized spacial score (nSPS) is 12.6. The van der Waals surface area contributed by atoms with Gasteiger partial charge in [-0.25, -0.2) is 9.37 Å². The SMILES string of the molecule is NC[C@@H](NC(=O)c1ccc(-c2ccc(C(F)(F)F)c(F)c2)[nH]1)c1nc(C(N)=O)cs1. The van der Waals surface area contributed by atoms with E-state index in [0.717, 1.165) is 23.5 Å². The van der Waals surface area contributed by atoms with Crippen molar-refractivity contribution in [3.05, 3.63) is 63.5 Å². The Hall–Kier alpha value is -3.25. The largest absolute Gasteiger partial charge is 0.419 e. The van der Waals surface area contributed by atoms with E-state index < -0.39 is 35.4 Å². The van der Waals surface area contributed by atoms with Gasteiger partial charge in [-0.05, 0) is 24.3 Å². The Labute approximate surface area is 171 Å². The van der Waals surface area contributed by atoms with Crippen LogP contribution in [0.5, 0.6) is 0 Å². The predicted octanol–water partition coefficient (Wildman–Crippen LogP) is 2.82. The molecule has 6 N–H and O–H groups in total. The van der Waals surface area contributed by atoms with Gasteiger partial charge in [0.25, 0.3) is 11.8 Å². The molecule has 0 aliphatic heterocycles. The van der Waals surface area contributed by atoms with Gasteiger partial charge in [-0.1, -0.05) is 6.07 Å². The van der Waals surface area contributed by atoms with Crippen molar-refractivity contribution in [3.63, 3.8) is 0 Å². The highest BCUT2D eigenvalue weighted by Crippen LogP contribution is 2.33. The number of carbonyl (C=O) groups excluding carboxylic acids is 2. The molecule has 0 saturated heterocycles. The second-order valence-corrected chi connectivity index (χ2v) is 7.06. The second kappa shape index (κ2) is 8.24. The zero-order chi connectivity index (χ0) is 22.1.